The number of nitrogens with zero attached hydrogens (tertiary/aromatic N) is 2. The van der Waals surface area contributed by atoms with Crippen molar-refractivity contribution in [2.24, 2.45) is 0 Å². The molecule has 0 saturated heterocycles. The summed E-state index contributed by atoms with van der Waals surface area (Å²) >= 11 is 11.4. The standard InChI is InChI=1S/C21H16ClFN4O2S/c1-12-9-20(28)29-18-10-13(5-6-14(12)18)24-21(30)25-19-7-8-27(26-19)11-15-16(22)3-2-4-17(15)23/h2-10H,11H2,1H3,(H2,24,25,26,30). The molecule has 6 nitrogen and oxygen atoms in total. The van der Waals surface area contributed by atoms with Gasteiger partial charge in [-0.05, 0) is 49.0 Å². The first-order valence-electron chi connectivity index (χ1n) is 8.98. The van der Waals surface area contributed by atoms with Crippen LogP contribution in [0.15, 0.2) is 63.9 Å². The number of nitrogens with one attached hydrogen (secondary N) is 2. The molecule has 30 heavy (non-hydrogen) atoms. The molecule has 0 saturated carbocycles. The van der Waals surface area contributed by atoms with Gasteiger partial charge in [-0.3, -0.25) is 4.68 Å². The highest BCUT2D eigenvalue weighted by atomic mass is 35.5. The number of thiocarbonyl (C=S) groups is 1. The van der Waals surface area contributed by atoms with E-state index < -0.39 is 5.63 Å². The molecule has 0 aliphatic rings. The summed E-state index contributed by atoms with van der Waals surface area (Å²) in [5, 5.41) is 11.8. The third-order valence-corrected chi connectivity index (χ3v) is 5.03. The fourth-order valence-electron chi connectivity index (χ4n) is 3.04. The Labute approximate surface area is 181 Å². The maximum Gasteiger partial charge on any atom is 0.336 e. The van der Waals surface area contributed by atoms with Crippen LogP contribution in [0.1, 0.15) is 11.1 Å². The van der Waals surface area contributed by atoms with Gasteiger partial charge in [0.1, 0.15) is 11.4 Å². The van der Waals surface area contributed by atoms with Crippen molar-refractivity contribution in [2.45, 2.75) is 13.5 Å². The summed E-state index contributed by atoms with van der Waals surface area (Å²) in [6.07, 6.45) is 1.70. The average molecular weight is 443 g/mol. The fraction of sp³-hybridized carbons (Fsp3) is 0.0952. The molecule has 9 heteroatoms. The highest BCUT2D eigenvalue weighted by Gasteiger charge is 2.10. The molecule has 0 radical (unpaired) electrons. The van der Waals surface area contributed by atoms with Gasteiger partial charge in [0, 0.05) is 46.1 Å². The number of rotatable bonds is 4. The van der Waals surface area contributed by atoms with Crippen LogP contribution in [0.2, 0.25) is 5.02 Å². The Bertz CT molecular complexity index is 1300. The van der Waals surface area contributed by atoms with Crippen LogP contribution in [-0.4, -0.2) is 14.9 Å². The number of hydrogen-bond acceptors (Lipinski definition) is 4. The lowest BCUT2D eigenvalue weighted by atomic mass is 10.1. The van der Waals surface area contributed by atoms with Crippen LogP contribution in [0.25, 0.3) is 11.0 Å². The third kappa shape index (κ3) is 4.34. The van der Waals surface area contributed by atoms with E-state index in [0.29, 0.717) is 32.8 Å². The van der Waals surface area contributed by atoms with Crippen molar-refractivity contribution < 1.29 is 8.81 Å². The number of fused-ring (bicyclic) bond motifs is 1. The van der Waals surface area contributed by atoms with Crippen molar-refractivity contribution in [3.63, 3.8) is 0 Å². The summed E-state index contributed by atoms with van der Waals surface area (Å²) in [5.74, 6) is 0.103. The second kappa shape index (κ2) is 8.25. The van der Waals surface area contributed by atoms with Gasteiger partial charge < -0.3 is 15.1 Å². The van der Waals surface area contributed by atoms with E-state index in [4.69, 9.17) is 28.2 Å². The predicted molar refractivity (Wildman–Crippen MR) is 120 cm³/mol. The molecule has 4 aromatic rings. The van der Waals surface area contributed by atoms with Gasteiger partial charge in [-0.1, -0.05) is 17.7 Å². The van der Waals surface area contributed by atoms with E-state index in [1.807, 2.05) is 19.1 Å². The molecule has 0 fully saturated rings. The van der Waals surface area contributed by atoms with Gasteiger partial charge in [0.2, 0.25) is 0 Å². The van der Waals surface area contributed by atoms with Crippen LogP contribution in [0.5, 0.6) is 0 Å². The van der Waals surface area contributed by atoms with Gasteiger partial charge in [-0.25, -0.2) is 9.18 Å². The number of halogens is 2. The van der Waals surface area contributed by atoms with E-state index >= 15 is 0 Å². The molecule has 0 spiro atoms. The number of benzene rings is 2. The fourth-order valence-corrected chi connectivity index (χ4v) is 3.49. The Balaban J connectivity index is 1.45. The molecular formula is C21H16ClFN4O2S. The van der Waals surface area contributed by atoms with Crippen molar-refractivity contribution in [2.75, 3.05) is 10.6 Å². The first kappa shape index (κ1) is 20.1. The van der Waals surface area contributed by atoms with Crippen LogP contribution < -0.4 is 16.3 Å². The third-order valence-electron chi connectivity index (χ3n) is 4.47. The van der Waals surface area contributed by atoms with Gasteiger partial charge in [0.25, 0.3) is 0 Å². The number of anilines is 2. The van der Waals surface area contributed by atoms with Gasteiger partial charge in [-0.2, -0.15) is 5.10 Å². The molecule has 0 amide bonds. The molecule has 0 atom stereocenters. The summed E-state index contributed by atoms with van der Waals surface area (Å²) in [6, 6.07) is 13.1. The molecule has 2 heterocycles. The summed E-state index contributed by atoms with van der Waals surface area (Å²) < 4.78 is 20.8. The second-order valence-corrected chi connectivity index (χ2v) is 7.45. The minimum absolute atomic E-state index is 0.191. The van der Waals surface area contributed by atoms with E-state index in [-0.39, 0.29) is 12.4 Å². The van der Waals surface area contributed by atoms with Gasteiger partial charge in [0.15, 0.2) is 10.9 Å². The lowest BCUT2D eigenvalue weighted by molar-refractivity contribution is 0.560. The molecule has 2 N–H and O–H groups in total. The Kier molecular flexibility index (Phi) is 5.52. The normalized spacial score (nSPS) is 10.9. The Morgan fingerprint density at radius 3 is 2.87 bits per heavy atom. The maximum absolute atomic E-state index is 14.0. The molecular weight excluding hydrogens is 427 g/mol. The Morgan fingerprint density at radius 2 is 2.07 bits per heavy atom. The smallest absolute Gasteiger partial charge is 0.336 e. The maximum atomic E-state index is 14.0. The summed E-state index contributed by atoms with van der Waals surface area (Å²) in [4.78, 5) is 11.6. The summed E-state index contributed by atoms with van der Waals surface area (Å²) in [7, 11) is 0. The molecule has 2 aromatic heterocycles. The molecule has 0 bridgehead atoms. The summed E-state index contributed by atoms with van der Waals surface area (Å²) in [6.45, 7) is 2.04. The number of aryl methyl sites for hydroxylation is 1. The lowest BCUT2D eigenvalue weighted by Crippen LogP contribution is -2.19. The Morgan fingerprint density at radius 1 is 1.23 bits per heavy atom. The second-order valence-electron chi connectivity index (χ2n) is 6.64. The molecule has 0 aliphatic heterocycles. The van der Waals surface area contributed by atoms with Crippen LogP contribution in [-0.2, 0) is 6.54 Å². The topological polar surface area (TPSA) is 72.1 Å². The molecule has 2 aromatic carbocycles. The van der Waals surface area contributed by atoms with E-state index in [1.54, 1.807) is 35.1 Å². The van der Waals surface area contributed by atoms with Crippen molar-refractivity contribution >= 4 is 51.4 Å². The highest BCUT2D eigenvalue weighted by Crippen LogP contribution is 2.22. The van der Waals surface area contributed by atoms with E-state index in [2.05, 4.69) is 15.7 Å². The predicted octanol–water partition coefficient (Wildman–Crippen LogP) is 4.95. The quantitative estimate of drug-likeness (QED) is 0.344. The summed E-state index contributed by atoms with van der Waals surface area (Å²) in [5.41, 5.74) is 1.93. The number of aromatic nitrogens is 2. The van der Waals surface area contributed by atoms with Crippen molar-refractivity contribution in [1.82, 2.24) is 9.78 Å². The zero-order valence-electron chi connectivity index (χ0n) is 15.8. The minimum Gasteiger partial charge on any atom is -0.423 e. The zero-order valence-corrected chi connectivity index (χ0v) is 17.4. The van der Waals surface area contributed by atoms with Crippen LogP contribution in [0, 0.1) is 12.7 Å². The van der Waals surface area contributed by atoms with Crippen molar-refractivity contribution in [3.05, 3.63) is 87.1 Å². The molecule has 152 valence electrons. The molecule has 0 unspecified atom stereocenters. The van der Waals surface area contributed by atoms with Crippen LogP contribution in [0.4, 0.5) is 15.9 Å². The van der Waals surface area contributed by atoms with Gasteiger partial charge in [-0.15, -0.1) is 0 Å². The first-order chi connectivity index (χ1) is 14.4. The minimum atomic E-state index is -0.404. The van der Waals surface area contributed by atoms with E-state index in [9.17, 15) is 9.18 Å². The largest absolute Gasteiger partial charge is 0.423 e. The average Bonchev–Trinajstić information content (AvgIpc) is 3.11. The van der Waals surface area contributed by atoms with Gasteiger partial charge >= 0.3 is 5.63 Å². The first-order valence-corrected chi connectivity index (χ1v) is 9.76. The zero-order chi connectivity index (χ0) is 21.3. The van der Waals surface area contributed by atoms with E-state index in [1.165, 1.54) is 12.1 Å². The number of hydrogen-bond donors (Lipinski definition) is 2. The lowest BCUT2D eigenvalue weighted by Gasteiger charge is -2.10. The highest BCUT2D eigenvalue weighted by molar-refractivity contribution is 7.80. The SMILES string of the molecule is Cc1cc(=O)oc2cc(NC(=S)Nc3ccn(Cc4c(F)cccc4Cl)n3)ccc12. The van der Waals surface area contributed by atoms with E-state index in [0.717, 1.165) is 10.9 Å². The Hall–Kier alpha value is -3.23. The monoisotopic (exact) mass is 442 g/mol. The molecule has 0 aliphatic carbocycles. The van der Waals surface area contributed by atoms with Crippen molar-refractivity contribution in [1.29, 1.82) is 0 Å². The van der Waals surface area contributed by atoms with Crippen LogP contribution in [0.3, 0.4) is 0 Å². The van der Waals surface area contributed by atoms with Crippen molar-refractivity contribution in [3.8, 4) is 0 Å². The molecule has 4 rings (SSSR count). The van der Waals surface area contributed by atoms with Gasteiger partial charge in [0.05, 0.1) is 6.54 Å². The van der Waals surface area contributed by atoms with Crippen LogP contribution >= 0.6 is 23.8 Å².